The molecule has 0 bridgehead atoms. The van der Waals surface area contributed by atoms with Crippen molar-refractivity contribution in [3.05, 3.63) is 47.5 Å². The smallest absolute Gasteiger partial charge is 0.225 e. The van der Waals surface area contributed by atoms with Crippen LogP contribution in [-0.2, 0) is 10.8 Å². The van der Waals surface area contributed by atoms with Crippen molar-refractivity contribution in [2.24, 2.45) is 0 Å². The summed E-state index contributed by atoms with van der Waals surface area (Å²) in [6, 6.07) is 10.1. The van der Waals surface area contributed by atoms with E-state index in [4.69, 9.17) is 11.6 Å². The van der Waals surface area contributed by atoms with Crippen molar-refractivity contribution < 1.29 is 4.21 Å². The zero-order valence-electron chi connectivity index (χ0n) is 14.8. The molecule has 0 radical (unpaired) electrons. The van der Waals surface area contributed by atoms with E-state index in [0.29, 0.717) is 47.3 Å². The monoisotopic (exact) mass is 402 g/mol. The van der Waals surface area contributed by atoms with Crippen LogP contribution in [0.25, 0.3) is 11.0 Å². The molecule has 9 heteroatoms. The van der Waals surface area contributed by atoms with Gasteiger partial charge in [-0.15, -0.1) is 0 Å². The van der Waals surface area contributed by atoms with Gasteiger partial charge in [-0.1, -0.05) is 30.3 Å². The quantitative estimate of drug-likeness (QED) is 0.671. The van der Waals surface area contributed by atoms with Gasteiger partial charge in [0.05, 0.1) is 6.04 Å². The minimum Gasteiger partial charge on any atom is -0.362 e. The molecule has 1 aromatic carbocycles. The number of anilines is 2. The van der Waals surface area contributed by atoms with Crippen LogP contribution in [0.4, 0.5) is 11.6 Å². The number of aromatic nitrogens is 4. The predicted octanol–water partition coefficient (Wildman–Crippen LogP) is 2.82. The van der Waals surface area contributed by atoms with Crippen LogP contribution < -0.4 is 10.2 Å². The van der Waals surface area contributed by atoms with Gasteiger partial charge in [-0.3, -0.25) is 4.21 Å². The van der Waals surface area contributed by atoms with Crippen molar-refractivity contribution in [3.63, 3.8) is 0 Å². The lowest BCUT2D eigenvalue weighted by molar-refractivity contribution is 0.672. The van der Waals surface area contributed by atoms with Crippen molar-refractivity contribution in [2.75, 3.05) is 34.8 Å². The fourth-order valence-electron chi connectivity index (χ4n) is 3.11. The van der Waals surface area contributed by atoms with Gasteiger partial charge in [0.1, 0.15) is 17.4 Å². The first-order valence-corrected chi connectivity index (χ1v) is 10.6. The summed E-state index contributed by atoms with van der Waals surface area (Å²) < 4.78 is 11.7. The first-order valence-electron chi connectivity index (χ1n) is 8.71. The number of rotatable bonds is 4. The molecule has 1 aliphatic heterocycles. The first-order chi connectivity index (χ1) is 13.1. The fourth-order valence-corrected chi connectivity index (χ4v) is 4.33. The van der Waals surface area contributed by atoms with Crippen LogP contribution in [0.5, 0.6) is 0 Å². The lowest BCUT2D eigenvalue weighted by Gasteiger charge is -2.28. The lowest BCUT2D eigenvalue weighted by Crippen LogP contribution is -2.38. The summed E-state index contributed by atoms with van der Waals surface area (Å²) in [6.07, 6.45) is 1.51. The Morgan fingerprint density at radius 1 is 1.11 bits per heavy atom. The van der Waals surface area contributed by atoms with E-state index in [2.05, 4.69) is 49.2 Å². The van der Waals surface area contributed by atoms with Gasteiger partial charge >= 0.3 is 0 Å². The van der Waals surface area contributed by atoms with E-state index in [-0.39, 0.29) is 11.3 Å². The van der Waals surface area contributed by atoms with Crippen LogP contribution in [0.2, 0.25) is 5.28 Å². The molecule has 1 fully saturated rings. The number of hydrogen-bond donors (Lipinski definition) is 1. The molecule has 1 N–H and O–H groups in total. The molecule has 3 aromatic rings. The second kappa shape index (κ2) is 7.74. The number of halogens is 1. The SMILES string of the molecule is CC(Nc1ncnc2c(N3CCS(=O)CC3)nc(Cl)nc12)c1ccccc1. The van der Waals surface area contributed by atoms with Crippen molar-refractivity contribution in [1.82, 2.24) is 19.9 Å². The predicted molar refractivity (Wildman–Crippen MR) is 109 cm³/mol. The van der Waals surface area contributed by atoms with Crippen molar-refractivity contribution in [1.29, 1.82) is 0 Å². The Kier molecular flexibility index (Phi) is 5.18. The fraction of sp³-hybridized carbons (Fsp3) is 0.333. The minimum absolute atomic E-state index is 0.0406. The van der Waals surface area contributed by atoms with E-state index in [1.165, 1.54) is 6.33 Å². The Hall–Kier alpha value is -2.32. The van der Waals surface area contributed by atoms with E-state index < -0.39 is 10.8 Å². The van der Waals surface area contributed by atoms with E-state index in [1.807, 2.05) is 18.2 Å². The van der Waals surface area contributed by atoms with Crippen LogP contribution in [0, 0.1) is 0 Å². The van der Waals surface area contributed by atoms with Gasteiger partial charge in [0.25, 0.3) is 0 Å². The average Bonchev–Trinajstić information content (AvgIpc) is 2.69. The third-order valence-electron chi connectivity index (χ3n) is 4.57. The minimum atomic E-state index is -0.770. The lowest BCUT2D eigenvalue weighted by atomic mass is 10.1. The van der Waals surface area contributed by atoms with Crippen LogP contribution in [0.1, 0.15) is 18.5 Å². The van der Waals surface area contributed by atoms with Crippen LogP contribution >= 0.6 is 11.6 Å². The Bertz CT molecular complexity index is 976. The van der Waals surface area contributed by atoms with Gasteiger partial charge in [0.15, 0.2) is 11.6 Å². The van der Waals surface area contributed by atoms with Gasteiger partial charge in [-0.25, -0.2) is 15.0 Å². The first kappa shape index (κ1) is 18.1. The van der Waals surface area contributed by atoms with Gasteiger partial charge in [-0.05, 0) is 24.1 Å². The molecule has 0 saturated carbocycles. The van der Waals surface area contributed by atoms with Crippen LogP contribution in [0.3, 0.4) is 0 Å². The maximum absolute atomic E-state index is 11.7. The number of nitrogens with one attached hydrogen (secondary N) is 1. The van der Waals surface area contributed by atoms with Crippen molar-refractivity contribution in [3.8, 4) is 0 Å². The molecule has 1 atom stereocenters. The Morgan fingerprint density at radius 2 is 1.85 bits per heavy atom. The maximum Gasteiger partial charge on any atom is 0.225 e. The van der Waals surface area contributed by atoms with E-state index in [0.717, 1.165) is 5.56 Å². The molecule has 1 aliphatic rings. The Balaban J connectivity index is 1.71. The number of nitrogens with zero attached hydrogens (tertiary/aromatic N) is 5. The van der Waals surface area contributed by atoms with E-state index >= 15 is 0 Å². The van der Waals surface area contributed by atoms with E-state index in [1.54, 1.807) is 0 Å². The number of fused-ring (bicyclic) bond motifs is 1. The summed E-state index contributed by atoms with van der Waals surface area (Å²) in [4.78, 5) is 19.6. The molecule has 1 saturated heterocycles. The average molecular weight is 403 g/mol. The highest BCUT2D eigenvalue weighted by molar-refractivity contribution is 7.85. The summed E-state index contributed by atoms with van der Waals surface area (Å²) in [6.45, 7) is 3.37. The Labute approximate surface area is 164 Å². The maximum atomic E-state index is 11.7. The summed E-state index contributed by atoms with van der Waals surface area (Å²) in [5.74, 6) is 2.51. The summed E-state index contributed by atoms with van der Waals surface area (Å²) >= 11 is 6.21. The molecule has 0 aliphatic carbocycles. The second-order valence-electron chi connectivity index (χ2n) is 6.35. The molecule has 0 spiro atoms. The van der Waals surface area contributed by atoms with Crippen molar-refractivity contribution >= 4 is 45.1 Å². The van der Waals surface area contributed by atoms with Gasteiger partial charge in [0, 0.05) is 35.4 Å². The molecule has 27 heavy (non-hydrogen) atoms. The summed E-state index contributed by atoms with van der Waals surface area (Å²) in [5, 5.41) is 3.55. The Morgan fingerprint density at radius 3 is 2.59 bits per heavy atom. The molecule has 7 nitrogen and oxygen atoms in total. The van der Waals surface area contributed by atoms with E-state index in [9.17, 15) is 4.21 Å². The van der Waals surface area contributed by atoms with Crippen molar-refractivity contribution in [2.45, 2.75) is 13.0 Å². The molecule has 140 valence electrons. The normalized spacial score (nSPS) is 16.4. The number of benzene rings is 1. The highest BCUT2D eigenvalue weighted by Gasteiger charge is 2.22. The van der Waals surface area contributed by atoms with Crippen LogP contribution in [-0.4, -0.2) is 48.7 Å². The highest BCUT2D eigenvalue weighted by Crippen LogP contribution is 2.29. The third-order valence-corrected chi connectivity index (χ3v) is 6.01. The molecular formula is C18H19ClN6OS. The zero-order valence-corrected chi connectivity index (χ0v) is 16.4. The second-order valence-corrected chi connectivity index (χ2v) is 8.38. The van der Waals surface area contributed by atoms with Gasteiger partial charge < -0.3 is 10.2 Å². The van der Waals surface area contributed by atoms with Gasteiger partial charge in [-0.2, -0.15) is 4.98 Å². The molecular weight excluding hydrogens is 384 g/mol. The topological polar surface area (TPSA) is 83.9 Å². The third kappa shape index (κ3) is 3.86. The van der Waals surface area contributed by atoms with Crippen LogP contribution in [0.15, 0.2) is 36.7 Å². The summed E-state index contributed by atoms with van der Waals surface area (Å²) in [7, 11) is -0.770. The molecule has 3 heterocycles. The molecule has 4 rings (SSSR count). The largest absolute Gasteiger partial charge is 0.362 e. The summed E-state index contributed by atoms with van der Waals surface area (Å²) in [5.41, 5.74) is 2.37. The number of hydrogen-bond acceptors (Lipinski definition) is 7. The highest BCUT2D eigenvalue weighted by atomic mass is 35.5. The molecule has 1 unspecified atom stereocenters. The molecule has 0 amide bonds. The van der Waals surface area contributed by atoms with Gasteiger partial charge in [0.2, 0.25) is 5.28 Å². The standard InChI is InChI=1S/C18H19ClN6OS/c1-12(13-5-3-2-4-6-13)22-16-14-15(20-11-21-16)17(24-18(19)23-14)25-7-9-27(26)10-8-25/h2-6,11-12H,7-10H2,1H3,(H,20,21,22). The zero-order chi connectivity index (χ0) is 18.8. The molecule has 2 aromatic heterocycles.